The van der Waals surface area contributed by atoms with E-state index < -0.39 is 6.43 Å². The molecule has 1 aliphatic rings. The van der Waals surface area contributed by atoms with E-state index in [1.54, 1.807) is 0 Å². The summed E-state index contributed by atoms with van der Waals surface area (Å²) in [5.74, 6) is 0.725. The Hall–Kier alpha value is -0.220. The maximum atomic E-state index is 11.9. The molecule has 0 spiro atoms. The van der Waals surface area contributed by atoms with E-state index >= 15 is 0 Å². The zero-order chi connectivity index (χ0) is 10.4. The fourth-order valence-corrected chi connectivity index (χ4v) is 2.01. The van der Waals surface area contributed by atoms with Crippen LogP contribution in [0.1, 0.15) is 25.7 Å². The van der Waals surface area contributed by atoms with E-state index in [1.807, 2.05) is 0 Å². The predicted octanol–water partition coefficient (Wildman–Crippen LogP) is 1.70. The standard InChI is InChI=1S/C10H20F2N2/c11-10(12)4-8-14-6-2-9(1-5-13)3-7-14/h9-10H,1-8,13H2. The van der Waals surface area contributed by atoms with E-state index in [-0.39, 0.29) is 6.42 Å². The summed E-state index contributed by atoms with van der Waals surface area (Å²) in [4.78, 5) is 2.14. The SMILES string of the molecule is NCCC1CCN(CCC(F)F)CC1. The van der Waals surface area contributed by atoms with Crippen molar-refractivity contribution in [3.05, 3.63) is 0 Å². The normalized spacial score (nSPS) is 20.6. The second-order valence-electron chi connectivity index (χ2n) is 4.04. The number of nitrogens with zero attached hydrogens (tertiary/aromatic N) is 1. The van der Waals surface area contributed by atoms with Gasteiger partial charge in [-0.2, -0.15) is 0 Å². The minimum absolute atomic E-state index is 0.0154. The van der Waals surface area contributed by atoms with Crippen molar-refractivity contribution in [3.63, 3.8) is 0 Å². The molecule has 0 aromatic heterocycles. The van der Waals surface area contributed by atoms with Gasteiger partial charge in [-0.25, -0.2) is 8.78 Å². The molecule has 0 aliphatic carbocycles. The maximum Gasteiger partial charge on any atom is 0.239 e. The summed E-state index contributed by atoms with van der Waals surface area (Å²) in [6, 6.07) is 0. The first kappa shape index (κ1) is 11.9. The molecule has 0 saturated carbocycles. The maximum absolute atomic E-state index is 11.9. The lowest BCUT2D eigenvalue weighted by Crippen LogP contribution is -2.35. The molecule has 0 unspecified atom stereocenters. The van der Waals surface area contributed by atoms with Gasteiger partial charge in [0, 0.05) is 13.0 Å². The number of piperidine rings is 1. The van der Waals surface area contributed by atoms with Crippen molar-refractivity contribution in [2.75, 3.05) is 26.2 Å². The molecule has 2 nitrogen and oxygen atoms in total. The van der Waals surface area contributed by atoms with Crippen molar-refractivity contribution in [3.8, 4) is 0 Å². The molecule has 2 N–H and O–H groups in total. The van der Waals surface area contributed by atoms with Crippen molar-refractivity contribution in [1.29, 1.82) is 0 Å². The average Bonchev–Trinajstić information content (AvgIpc) is 2.17. The Morgan fingerprint density at radius 3 is 2.43 bits per heavy atom. The number of hydrogen-bond donors (Lipinski definition) is 1. The predicted molar refractivity (Wildman–Crippen MR) is 53.5 cm³/mol. The molecular formula is C10H20F2N2. The van der Waals surface area contributed by atoms with Gasteiger partial charge >= 0.3 is 0 Å². The molecule has 0 aromatic rings. The summed E-state index contributed by atoms with van der Waals surface area (Å²) >= 11 is 0. The first-order valence-corrected chi connectivity index (χ1v) is 5.43. The number of rotatable bonds is 5. The highest BCUT2D eigenvalue weighted by Crippen LogP contribution is 2.20. The Morgan fingerprint density at radius 1 is 1.29 bits per heavy atom. The fraction of sp³-hybridized carbons (Fsp3) is 1.00. The highest BCUT2D eigenvalue weighted by atomic mass is 19.3. The second kappa shape index (κ2) is 6.30. The van der Waals surface area contributed by atoms with Gasteiger partial charge in [0.1, 0.15) is 0 Å². The molecule has 84 valence electrons. The molecule has 0 bridgehead atoms. The van der Waals surface area contributed by atoms with E-state index in [0.717, 1.165) is 44.8 Å². The van der Waals surface area contributed by atoms with Gasteiger partial charge in [-0.1, -0.05) is 0 Å². The molecule has 0 radical (unpaired) electrons. The van der Waals surface area contributed by atoms with E-state index in [2.05, 4.69) is 4.90 Å². The minimum Gasteiger partial charge on any atom is -0.330 e. The summed E-state index contributed by atoms with van der Waals surface area (Å²) in [5.41, 5.74) is 5.48. The third-order valence-electron chi connectivity index (χ3n) is 2.95. The first-order valence-electron chi connectivity index (χ1n) is 5.43. The van der Waals surface area contributed by atoms with Gasteiger partial charge in [-0.05, 0) is 44.8 Å². The van der Waals surface area contributed by atoms with Crippen molar-refractivity contribution in [1.82, 2.24) is 4.90 Å². The smallest absolute Gasteiger partial charge is 0.239 e. The van der Waals surface area contributed by atoms with Crippen LogP contribution in [0.15, 0.2) is 0 Å². The van der Waals surface area contributed by atoms with Crippen LogP contribution in [0.4, 0.5) is 8.78 Å². The van der Waals surface area contributed by atoms with Crippen LogP contribution in [-0.2, 0) is 0 Å². The number of nitrogens with two attached hydrogens (primary N) is 1. The lowest BCUT2D eigenvalue weighted by Gasteiger charge is -2.31. The summed E-state index contributed by atoms with van der Waals surface area (Å²) in [5, 5.41) is 0. The summed E-state index contributed by atoms with van der Waals surface area (Å²) in [6.45, 7) is 3.24. The molecule has 0 amide bonds. The topological polar surface area (TPSA) is 29.3 Å². The molecule has 14 heavy (non-hydrogen) atoms. The van der Waals surface area contributed by atoms with Gasteiger partial charge in [-0.3, -0.25) is 0 Å². The van der Waals surface area contributed by atoms with Gasteiger partial charge in [0.05, 0.1) is 0 Å². The zero-order valence-corrected chi connectivity index (χ0v) is 8.59. The largest absolute Gasteiger partial charge is 0.330 e. The van der Waals surface area contributed by atoms with Crippen LogP contribution in [0.2, 0.25) is 0 Å². The molecule has 1 aliphatic heterocycles. The molecule has 1 saturated heterocycles. The van der Waals surface area contributed by atoms with E-state index in [4.69, 9.17) is 5.73 Å². The number of alkyl halides is 2. The van der Waals surface area contributed by atoms with Crippen LogP contribution in [-0.4, -0.2) is 37.5 Å². The number of hydrogen-bond acceptors (Lipinski definition) is 2. The van der Waals surface area contributed by atoms with Gasteiger partial charge < -0.3 is 10.6 Å². The molecule has 1 rings (SSSR count). The van der Waals surface area contributed by atoms with Crippen molar-refractivity contribution in [2.45, 2.75) is 32.1 Å². The van der Waals surface area contributed by atoms with E-state index in [0.29, 0.717) is 6.54 Å². The average molecular weight is 206 g/mol. The third-order valence-corrected chi connectivity index (χ3v) is 2.95. The fourth-order valence-electron chi connectivity index (χ4n) is 2.01. The Balaban J connectivity index is 2.09. The highest BCUT2D eigenvalue weighted by molar-refractivity contribution is 4.72. The Morgan fingerprint density at radius 2 is 1.93 bits per heavy atom. The molecule has 0 aromatic carbocycles. The van der Waals surface area contributed by atoms with E-state index in [1.165, 1.54) is 0 Å². The number of halogens is 2. The Bertz CT molecular complexity index is 145. The van der Waals surface area contributed by atoms with Crippen LogP contribution < -0.4 is 5.73 Å². The van der Waals surface area contributed by atoms with Crippen molar-refractivity contribution < 1.29 is 8.78 Å². The summed E-state index contributed by atoms with van der Waals surface area (Å²) in [7, 11) is 0. The zero-order valence-electron chi connectivity index (χ0n) is 8.59. The third kappa shape index (κ3) is 4.33. The van der Waals surface area contributed by atoms with Crippen LogP contribution in [0, 0.1) is 5.92 Å². The Labute approximate surface area is 84.4 Å². The summed E-state index contributed by atoms with van der Waals surface area (Å²) in [6.07, 6.45) is 1.20. The first-order chi connectivity index (χ1) is 6.72. The Kier molecular flexibility index (Phi) is 5.33. The van der Waals surface area contributed by atoms with Gasteiger partial charge in [0.15, 0.2) is 0 Å². The highest BCUT2D eigenvalue weighted by Gasteiger charge is 2.18. The number of likely N-dealkylation sites (tertiary alicyclic amines) is 1. The van der Waals surface area contributed by atoms with Crippen molar-refractivity contribution in [2.24, 2.45) is 11.7 Å². The van der Waals surface area contributed by atoms with E-state index in [9.17, 15) is 8.78 Å². The summed E-state index contributed by atoms with van der Waals surface area (Å²) < 4.78 is 23.9. The van der Waals surface area contributed by atoms with Gasteiger partial charge in [0.25, 0.3) is 0 Å². The molecule has 1 fully saturated rings. The lowest BCUT2D eigenvalue weighted by atomic mass is 9.93. The molecular weight excluding hydrogens is 186 g/mol. The van der Waals surface area contributed by atoms with Crippen LogP contribution >= 0.6 is 0 Å². The van der Waals surface area contributed by atoms with Gasteiger partial charge in [0.2, 0.25) is 6.43 Å². The van der Waals surface area contributed by atoms with Crippen LogP contribution in [0.25, 0.3) is 0 Å². The van der Waals surface area contributed by atoms with Gasteiger partial charge in [-0.15, -0.1) is 0 Å². The van der Waals surface area contributed by atoms with Crippen molar-refractivity contribution >= 4 is 0 Å². The lowest BCUT2D eigenvalue weighted by molar-refractivity contribution is 0.102. The molecule has 4 heteroatoms. The minimum atomic E-state index is -2.16. The monoisotopic (exact) mass is 206 g/mol. The molecule has 1 heterocycles. The van der Waals surface area contributed by atoms with Crippen LogP contribution in [0.5, 0.6) is 0 Å². The van der Waals surface area contributed by atoms with Crippen LogP contribution in [0.3, 0.4) is 0 Å². The quantitative estimate of drug-likeness (QED) is 0.742. The molecule has 0 atom stereocenters. The second-order valence-corrected chi connectivity index (χ2v) is 4.04.